The highest BCUT2D eigenvalue weighted by atomic mass is 16.6. The predicted molar refractivity (Wildman–Crippen MR) is 40.6 cm³/mol. The Bertz CT molecular complexity index is 157. The summed E-state index contributed by atoms with van der Waals surface area (Å²) in [6, 6.07) is -0.686. The number of carbonyl (C=O) groups excluding carboxylic acids is 1. The Morgan fingerprint density at radius 1 is 1.83 bits per heavy atom. The smallest absolute Gasteiger partial charge is 0.325 e. The first-order valence-corrected chi connectivity index (χ1v) is 3.76. The van der Waals surface area contributed by atoms with Crippen molar-refractivity contribution in [1.82, 2.24) is 0 Å². The zero-order chi connectivity index (χ0) is 8.97. The van der Waals surface area contributed by atoms with E-state index in [2.05, 4.69) is 4.74 Å². The summed E-state index contributed by atoms with van der Waals surface area (Å²) in [5.41, 5.74) is 5.39. The van der Waals surface area contributed by atoms with Crippen LogP contribution in [-0.2, 0) is 19.0 Å². The summed E-state index contributed by atoms with van der Waals surface area (Å²) in [4.78, 5) is 10.7. The molecule has 0 amide bonds. The van der Waals surface area contributed by atoms with Crippen LogP contribution in [-0.4, -0.2) is 45.0 Å². The normalized spacial score (nSPS) is 23.3. The van der Waals surface area contributed by atoms with E-state index in [-0.39, 0.29) is 12.7 Å². The minimum Gasteiger partial charge on any atom is -0.468 e. The van der Waals surface area contributed by atoms with Crippen LogP contribution in [0.15, 0.2) is 0 Å². The maximum Gasteiger partial charge on any atom is 0.325 e. The van der Waals surface area contributed by atoms with Gasteiger partial charge in [-0.2, -0.15) is 0 Å². The van der Waals surface area contributed by atoms with Crippen molar-refractivity contribution in [2.75, 3.05) is 26.9 Å². The monoisotopic (exact) mass is 175 g/mol. The second-order valence-corrected chi connectivity index (χ2v) is 2.62. The second kappa shape index (κ2) is 4.39. The molecule has 1 saturated heterocycles. The molecule has 0 aliphatic carbocycles. The van der Waals surface area contributed by atoms with Crippen molar-refractivity contribution in [3.05, 3.63) is 0 Å². The van der Waals surface area contributed by atoms with E-state index >= 15 is 0 Å². The number of hydrogen-bond donors (Lipinski definition) is 1. The van der Waals surface area contributed by atoms with E-state index < -0.39 is 12.0 Å². The minimum atomic E-state index is -0.686. The standard InChI is InChI=1S/C7H13NO4/c1-10-7(9)6(8)4-11-2-5-3-12-5/h5-6H,2-4,8H2,1H3/t5?,6-/m0/s1. The van der Waals surface area contributed by atoms with Gasteiger partial charge in [-0.15, -0.1) is 0 Å². The number of rotatable bonds is 5. The number of methoxy groups -OCH3 is 1. The van der Waals surface area contributed by atoms with Crippen molar-refractivity contribution >= 4 is 5.97 Å². The van der Waals surface area contributed by atoms with Gasteiger partial charge in [0, 0.05) is 0 Å². The lowest BCUT2D eigenvalue weighted by Gasteiger charge is -2.08. The number of carbonyl (C=O) groups is 1. The van der Waals surface area contributed by atoms with Gasteiger partial charge >= 0.3 is 5.97 Å². The number of esters is 1. The fourth-order valence-corrected chi connectivity index (χ4v) is 0.710. The summed E-state index contributed by atoms with van der Waals surface area (Å²) >= 11 is 0. The molecule has 2 atom stereocenters. The first-order chi connectivity index (χ1) is 5.74. The molecule has 12 heavy (non-hydrogen) atoms. The summed E-state index contributed by atoms with van der Waals surface area (Å²) < 4.78 is 14.4. The molecule has 2 N–H and O–H groups in total. The second-order valence-electron chi connectivity index (χ2n) is 2.62. The molecule has 70 valence electrons. The molecule has 1 unspecified atom stereocenters. The van der Waals surface area contributed by atoms with Gasteiger partial charge in [-0.05, 0) is 0 Å². The van der Waals surface area contributed by atoms with Gasteiger partial charge < -0.3 is 19.9 Å². The Hall–Kier alpha value is -0.650. The van der Waals surface area contributed by atoms with E-state index in [1.807, 2.05) is 0 Å². The van der Waals surface area contributed by atoms with Crippen molar-refractivity contribution in [3.63, 3.8) is 0 Å². The van der Waals surface area contributed by atoms with Crippen LogP contribution >= 0.6 is 0 Å². The summed E-state index contributed by atoms with van der Waals surface area (Å²) in [5.74, 6) is -0.452. The molecular formula is C7H13NO4. The third-order valence-corrected chi connectivity index (χ3v) is 1.51. The minimum absolute atomic E-state index is 0.187. The first kappa shape index (κ1) is 9.44. The molecule has 1 fully saturated rings. The fraction of sp³-hybridized carbons (Fsp3) is 0.857. The quantitative estimate of drug-likeness (QED) is 0.424. The highest BCUT2D eigenvalue weighted by Crippen LogP contribution is 2.08. The van der Waals surface area contributed by atoms with Gasteiger partial charge in [0.1, 0.15) is 12.1 Å². The van der Waals surface area contributed by atoms with E-state index in [9.17, 15) is 4.79 Å². The van der Waals surface area contributed by atoms with Gasteiger partial charge in [-0.1, -0.05) is 0 Å². The lowest BCUT2D eigenvalue weighted by Crippen LogP contribution is -2.36. The molecule has 0 spiro atoms. The van der Waals surface area contributed by atoms with Gasteiger partial charge in [0.15, 0.2) is 0 Å². The highest BCUT2D eigenvalue weighted by Gasteiger charge is 2.23. The molecule has 5 nitrogen and oxygen atoms in total. The van der Waals surface area contributed by atoms with Gasteiger partial charge in [0.05, 0.1) is 26.9 Å². The molecule has 5 heteroatoms. The number of epoxide rings is 1. The lowest BCUT2D eigenvalue weighted by atomic mass is 10.3. The average molecular weight is 175 g/mol. The van der Waals surface area contributed by atoms with Crippen LogP contribution in [0.25, 0.3) is 0 Å². The van der Waals surface area contributed by atoms with Crippen LogP contribution in [0.4, 0.5) is 0 Å². The van der Waals surface area contributed by atoms with Crippen molar-refractivity contribution in [2.24, 2.45) is 5.73 Å². The molecule has 0 aromatic rings. The topological polar surface area (TPSA) is 74.1 Å². The highest BCUT2D eigenvalue weighted by molar-refractivity contribution is 5.75. The Balaban J connectivity index is 2.00. The van der Waals surface area contributed by atoms with Crippen LogP contribution in [0.3, 0.4) is 0 Å². The van der Waals surface area contributed by atoms with Crippen molar-refractivity contribution in [3.8, 4) is 0 Å². The largest absolute Gasteiger partial charge is 0.468 e. The van der Waals surface area contributed by atoms with Crippen molar-refractivity contribution in [2.45, 2.75) is 12.1 Å². The molecular weight excluding hydrogens is 162 g/mol. The SMILES string of the molecule is COC(=O)[C@@H](N)COCC1CO1. The molecule has 1 aliphatic heterocycles. The lowest BCUT2D eigenvalue weighted by molar-refractivity contribution is -0.143. The first-order valence-electron chi connectivity index (χ1n) is 3.76. The van der Waals surface area contributed by atoms with E-state index in [4.69, 9.17) is 15.2 Å². The zero-order valence-electron chi connectivity index (χ0n) is 6.99. The fourth-order valence-electron chi connectivity index (χ4n) is 0.710. The van der Waals surface area contributed by atoms with Crippen LogP contribution in [0.2, 0.25) is 0 Å². The molecule has 0 radical (unpaired) electrons. The van der Waals surface area contributed by atoms with E-state index in [1.165, 1.54) is 7.11 Å². The maximum absolute atomic E-state index is 10.7. The molecule has 1 rings (SSSR count). The Morgan fingerprint density at radius 2 is 2.50 bits per heavy atom. The Labute approximate surface area is 70.8 Å². The number of nitrogens with two attached hydrogens (primary N) is 1. The van der Waals surface area contributed by atoms with Gasteiger partial charge in [0.25, 0.3) is 0 Å². The van der Waals surface area contributed by atoms with E-state index in [0.29, 0.717) is 6.61 Å². The predicted octanol–water partition coefficient (Wildman–Crippen LogP) is -1.10. The third-order valence-electron chi connectivity index (χ3n) is 1.51. The maximum atomic E-state index is 10.7. The summed E-state index contributed by atoms with van der Waals surface area (Å²) in [7, 11) is 1.30. The molecule has 0 aromatic heterocycles. The Kier molecular flexibility index (Phi) is 3.46. The third kappa shape index (κ3) is 3.17. The van der Waals surface area contributed by atoms with Gasteiger partial charge in [-0.3, -0.25) is 4.79 Å². The summed E-state index contributed by atoms with van der Waals surface area (Å²) in [6.45, 7) is 1.44. The van der Waals surface area contributed by atoms with Crippen LogP contribution in [0.5, 0.6) is 0 Å². The van der Waals surface area contributed by atoms with Crippen molar-refractivity contribution < 1.29 is 19.0 Å². The van der Waals surface area contributed by atoms with Crippen LogP contribution in [0, 0.1) is 0 Å². The zero-order valence-corrected chi connectivity index (χ0v) is 6.99. The molecule has 0 saturated carbocycles. The van der Waals surface area contributed by atoms with Gasteiger partial charge in [-0.25, -0.2) is 0 Å². The molecule has 1 heterocycles. The Morgan fingerprint density at radius 3 is 3.00 bits per heavy atom. The van der Waals surface area contributed by atoms with Gasteiger partial charge in [0.2, 0.25) is 0 Å². The molecule has 0 bridgehead atoms. The van der Waals surface area contributed by atoms with E-state index in [0.717, 1.165) is 6.61 Å². The van der Waals surface area contributed by atoms with Crippen LogP contribution in [0.1, 0.15) is 0 Å². The summed E-state index contributed by atoms with van der Waals surface area (Å²) in [5, 5.41) is 0. The number of ether oxygens (including phenoxy) is 3. The average Bonchev–Trinajstić information content (AvgIpc) is 2.86. The van der Waals surface area contributed by atoms with Crippen LogP contribution < -0.4 is 5.73 Å². The molecule has 1 aliphatic rings. The van der Waals surface area contributed by atoms with E-state index in [1.54, 1.807) is 0 Å². The number of hydrogen-bond acceptors (Lipinski definition) is 5. The van der Waals surface area contributed by atoms with Crippen molar-refractivity contribution in [1.29, 1.82) is 0 Å². The molecule has 0 aromatic carbocycles. The summed E-state index contributed by atoms with van der Waals surface area (Å²) in [6.07, 6.45) is 0.204.